The van der Waals surface area contributed by atoms with Crippen molar-refractivity contribution < 1.29 is 19.0 Å². The van der Waals surface area contributed by atoms with Crippen molar-refractivity contribution in [3.05, 3.63) is 53.6 Å². The highest BCUT2D eigenvalue weighted by molar-refractivity contribution is 6.08. The molecule has 4 rings (SSSR count). The van der Waals surface area contributed by atoms with Crippen LogP contribution >= 0.6 is 0 Å². The Bertz CT molecular complexity index is 897. The van der Waals surface area contributed by atoms with Crippen LogP contribution < -0.4 is 14.2 Å². The number of hydrogen-bond acceptors (Lipinski definition) is 6. The van der Waals surface area contributed by atoms with E-state index in [2.05, 4.69) is 36.3 Å². The highest BCUT2D eigenvalue weighted by Crippen LogP contribution is 2.61. The fourth-order valence-corrected chi connectivity index (χ4v) is 3.98. The molecule has 0 bridgehead atoms. The molecule has 1 aliphatic heterocycles. The lowest BCUT2D eigenvalue weighted by Crippen LogP contribution is -2.28. The Morgan fingerprint density at radius 1 is 1.10 bits per heavy atom. The normalized spacial score (nSPS) is 23.2. The number of fused-ring (bicyclic) bond motifs is 2. The van der Waals surface area contributed by atoms with Crippen LogP contribution in [0.25, 0.3) is 0 Å². The van der Waals surface area contributed by atoms with Gasteiger partial charge in [0.2, 0.25) is 0 Å². The third-order valence-electron chi connectivity index (χ3n) is 5.56. The Morgan fingerprint density at radius 2 is 1.83 bits per heavy atom. The van der Waals surface area contributed by atoms with Gasteiger partial charge in [-0.3, -0.25) is 0 Å². The molecule has 6 heteroatoms. The van der Waals surface area contributed by atoms with Crippen molar-refractivity contribution in [2.24, 2.45) is 11.1 Å². The summed E-state index contributed by atoms with van der Waals surface area (Å²) in [5, 5.41) is 4.57. The monoisotopic (exact) mass is 396 g/mol. The van der Waals surface area contributed by atoms with E-state index in [0.717, 1.165) is 42.0 Å². The minimum atomic E-state index is -0.389. The molecule has 2 aliphatic rings. The Morgan fingerprint density at radius 3 is 2.52 bits per heavy atom. The molecule has 1 fully saturated rings. The summed E-state index contributed by atoms with van der Waals surface area (Å²) in [7, 11) is 7.37. The van der Waals surface area contributed by atoms with E-state index < -0.39 is 0 Å². The van der Waals surface area contributed by atoms with E-state index in [4.69, 9.17) is 19.0 Å². The molecular formula is C23H28N2O4. The van der Waals surface area contributed by atoms with Gasteiger partial charge in [0, 0.05) is 24.6 Å². The summed E-state index contributed by atoms with van der Waals surface area (Å²) >= 11 is 0. The largest absolute Gasteiger partial charge is 0.493 e. The number of ether oxygens (including phenoxy) is 3. The van der Waals surface area contributed by atoms with E-state index in [1.807, 2.05) is 30.3 Å². The second-order valence-corrected chi connectivity index (χ2v) is 7.78. The van der Waals surface area contributed by atoms with Gasteiger partial charge in [0.1, 0.15) is 18.0 Å². The van der Waals surface area contributed by atoms with Crippen molar-refractivity contribution in [2.75, 3.05) is 41.5 Å². The Hall–Kier alpha value is -2.73. The van der Waals surface area contributed by atoms with Crippen LogP contribution in [0.4, 0.5) is 0 Å². The Balaban J connectivity index is 1.68. The Labute approximate surface area is 172 Å². The van der Waals surface area contributed by atoms with Gasteiger partial charge in [0.25, 0.3) is 0 Å². The van der Waals surface area contributed by atoms with Crippen LogP contribution in [-0.4, -0.2) is 52.1 Å². The maximum atomic E-state index is 6.53. The topological polar surface area (TPSA) is 52.5 Å². The van der Waals surface area contributed by atoms with E-state index in [9.17, 15) is 0 Å². The number of rotatable bonds is 8. The van der Waals surface area contributed by atoms with Crippen LogP contribution in [0.1, 0.15) is 24.0 Å². The molecule has 1 aliphatic carbocycles. The van der Waals surface area contributed by atoms with Crippen LogP contribution in [0.3, 0.4) is 0 Å². The van der Waals surface area contributed by atoms with Gasteiger partial charge in [-0.1, -0.05) is 35.5 Å². The molecule has 2 aromatic carbocycles. The van der Waals surface area contributed by atoms with Gasteiger partial charge in [-0.25, -0.2) is 0 Å². The first-order chi connectivity index (χ1) is 14.1. The lowest BCUT2D eigenvalue weighted by Gasteiger charge is -2.28. The SMILES string of the molecule is COc1cc2c(cc1OC)C(=NOCCCN(C)C)C1CC1(c1ccccc1)O2. The molecule has 2 aromatic rings. The van der Waals surface area contributed by atoms with Gasteiger partial charge in [-0.2, -0.15) is 0 Å². The molecule has 2 unspecified atom stereocenters. The maximum absolute atomic E-state index is 6.53. The second-order valence-electron chi connectivity index (χ2n) is 7.78. The maximum Gasteiger partial charge on any atom is 0.164 e. The van der Waals surface area contributed by atoms with Gasteiger partial charge in [0.15, 0.2) is 11.5 Å². The van der Waals surface area contributed by atoms with Crippen LogP contribution in [0.15, 0.2) is 47.6 Å². The predicted molar refractivity (Wildman–Crippen MR) is 112 cm³/mol. The number of hydrogen-bond donors (Lipinski definition) is 0. The molecule has 0 saturated heterocycles. The highest BCUT2D eigenvalue weighted by Gasteiger charge is 2.64. The highest BCUT2D eigenvalue weighted by atomic mass is 16.6. The van der Waals surface area contributed by atoms with Gasteiger partial charge in [-0.15, -0.1) is 0 Å². The lowest BCUT2D eigenvalue weighted by molar-refractivity contribution is 0.129. The second kappa shape index (κ2) is 7.95. The zero-order valence-electron chi connectivity index (χ0n) is 17.5. The van der Waals surface area contributed by atoms with Crippen molar-refractivity contribution in [1.82, 2.24) is 4.90 Å². The molecule has 0 amide bonds. The van der Waals surface area contributed by atoms with Crippen molar-refractivity contribution in [1.29, 1.82) is 0 Å². The fourth-order valence-electron chi connectivity index (χ4n) is 3.98. The first kappa shape index (κ1) is 19.6. The lowest BCUT2D eigenvalue weighted by atomic mass is 9.95. The third-order valence-corrected chi connectivity index (χ3v) is 5.56. The van der Waals surface area contributed by atoms with E-state index in [1.165, 1.54) is 0 Å². The molecule has 29 heavy (non-hydrogen) atoms. The van der Waals surface area contributed by atoms with Gasteiger partial charge < -0.3 is 23.9 Å². The minimum Gasteiger partial charge on any atom is -0.493 e. The van der Waals surface area contributed by atoms with Crippen molar-refractivity contribution in [3.63, 3.8) is 0 Å². The minimum absolute atomic E-state index is 0.157. The summed E-state index contributed by atoms with van der Waals surface area (Å²) in [5.74, 6) is 2.20. The number of benzene rings is 2. The smallest absolute Gasteiger partial charge is 0.164 e. The third kappa shape index (κ3) is 3.65. The van der Waals surface area contributed by atoms with Gasteiger partial charge in [0.05, 0.1) is 25.8 Å². The van der Waals surface area contributed by atoms with E-state index >= 15 is 0 Å². The zero-order valence-corrected chi connectivity index (χ0v) is 17.5. The van der Waals surface area contributed by atoms with Crippen LogP contribution in [0.2, 0.25) is 0 Å². The van der Waals surface area contributed by atoms with E-state index in [-0.39, 0.29) is 11.5 Å². The first-order valence-corrected chi connectivity index (χ1v) is 9.94. The molecule has 154 valence electrons. The molecule has 0 N–H and O–H groups in total. The van der Waals surface area contributed by atoms with Crippen LogP contribution in [0, 0.1) is 5.92 Å². The molecule has 0 radical (unpaired) electrons. The van der Waals surface area contributed by atoms with Crippen LogP contribution in [-0.2, 0) is 10.4 Å². The number of nitrogens with zero attached hydrogens (tertiary/aromatic N) is 2. The van der Waals surface area contributed by atoms with Crippen molar-refractivity contribution >= 4 is 5.71 Å². The molecule has 1 heterocycles. The van der Waals surface area contributed by atoms with Crippen molar-refractivity contribution in [2.45, 2.75) is 18.4 Å². The number of methoxy groups -OCH3 is 2. The summed E-state index contributed by atoms with van der Waals surface area (Å²) in [5.41, 5.74) is 2.59. The zero-order chi connectivity index (χ0) is 20.4. The average molecular weight is 396 g/mol. The molecule has 0 aromatic heterocycles. The fraction of sp³-hybridized carbons (Fsp3) is 0.435. The first-order valence-electron chi connectivity index (χ1n) is 9.94. The average Bonchev–Trinajstić information content (AvgIpc) is 3.47. The van der Waals surface area contributed by atoms with Gasteiger partial charge >= 0.3 is 0 Å². The quantitative estimate of drug-likeness (QED) is 0.503. The number of oxime groups is 1. The van der Waals surface area contributed by atoms with E-state index in [0.29, 0.717) is 18.1 Å². The molecule has 6 nitrogen and oxygen atoms in total. The summed E-state index contributed by atoms with van der Waals surface area (Å²) in [4.78, 5) is 7.86. The predicted octanol–water partition coefficient (Wildman–Crippen LogP) is 3.68. The summed E-state index contributed by atoms with van der Waals surface area (Å²) in [6.07, 6.45) is 1.80. The standard InChI is InChI=1S/C23H28N2O4/c1-25(2)11-8-12-28-24-22-17-13-20(26-3)21(27-4)14-19(17)29-23(15-18(22)23)16-9-6-5-7-10-16/h5-7,9-10,13-14,18H,8,11-12,15H2,1-4H3. The summed E-state index contributed by atoms with van der Waals surface area (Å²) < 4.78 is 17.5. The molecule has 0 spiro atoms. The van der Waals surface area contributed by atoms with Gasteiger partial charge in [-0.05, 0) is 32.1 Å². The summed E-state index contributed by atoms with van der Waals surface area (Å²) in [6.45, 7) is 1.54. The summed E-state index contributed by atoms with van der Waals surface area (Å²) in [6, 6.07) is 14.1. The molecular weight excluding hydrogens is 368 g/mol. The molecule has 1 saturated carbocycles. The van der Waals surface area contributed by atoms with Crippen LogP contribution in [0.5, 0.6) is 17.2 Å². The molecule has 2 atom stereocenters. The van der Waals surface area contributed by atoms with E-state index in [1.54, 1.807) is 14.2 Å². The Kier molecular flexibility index (Phi) is 5.37. The van der Waals surface area contributed by atoms with Crippen molar-refractivity contribution in [3.8, 4) is 17.2 Å².